The van der Waals surface area contributed by atoms with E-state index in [1.807, 2.05) is 0 Å². The lowest BCUT2D eigenvalue weighted by Crippen LogP contribution is -2.16. The van der Waals surface area contributed by atoms with Crippen LogP contribution in [0.4, 0.5) is 0 Å². The molecule has 0 aliphatic carbocycles. The van der Waals surface area contributed by atoms with Crippen molar-refractivity contribution >= 4 is 29.8 Å². The van der Waals surface area contributed by atoms with Crippen molar-refractivity contribution < 1.29 is 9.63 Å². The van der Waals surface area contributed by atoms with E-state index in [1.165, 1.54) is 23.9 Å². The molecule has 64 valence electrons. The van der Waals surface area contributed by atoms with Gasteiger partial charge >= 0.3 is 5.97 Å². The van der Waals surface area contributed by atoms with Crippen LogP contribution in [0.15, 0.2) is 18.3 Å². The maximum atomic E-state index is 10.5. The van der Waals surface area contributed by atoms with Crippen molar-refractivity contribution in [2.75, 3.05) is 0 Å². The van der Waals surface area contributed by atoms with Crippen molar-refractivity contribution in [1.82, 2.24) is 4.73 Å². The molecule has 0 radical (unpaired) electrons. The molecule has 1 heterocycles. The first-order valence-electron chi connectivity index (χ1n) is 3.17. The molecule has 0 saturated carbocycles. The van der Waals surface area contributed by atoms with Crippen LogP contribution in [-0.2, 0) is 4.79 Å². The third kappa shape index (κ3) is 2.32. The maximum absolute atomic E-state index is 10.5. The minimum absolute atomic E-state index is 0.359. The van der Waals surface area contributed by atoms with Crippen LogP contribution >= 0.6 is 23.8 Å². The molecule has 1 rings (SSSR count). The number of pyridine rings is 1. The van der Waals surface area contributed by atoms with Gasteiger partial charge in [-0.05, 0) is 12.1 Å². The summed E-state index contributed by atoms with van der Waals surface area (Å²) in [5, 5.41) is 0.517. The Balaban J connectivity index is 3.02. The Labute approximate surface area is 79.5 Å². The molecule has 0 N–H and O–H groups in total. The Morgan fingerprint density at radius 3 is 2.92 bits per heavy atom. The molecular weight excluding hydrogens is 198 g/mol. The molecule has 3 nitrogen and oxygen atoms in total. The highest BCUT2D eigenvalue weighted by Crippen LogP contribution is 2.06. The fourth-order valence-electron chi connectivity index (χ4n) is 0.656. The first kappa shape index (κ1) is 9.22. The number of rotatable bonds is 1. The van der Waals surface area contributed by atoms with Crippen LogP contribution in [0.25, 0.3) is 0 Å². The Kier molecular flexibility index (Phi) is 2.83. The minimum atomic E-state index is -0.423. The van der Waals surface area contributed by atoms with Crippen LogP contribution in [-0.4, -0.2) is 10.7 Å². The molecule has 0 unspecified atom stereocenters. The lowest BCUT2D eigenvalue weighted by molar-refractivity contribution is -0.141. The second-order valence-corrected chi connectivity index (χ2v) is 2.95. The zero-order chi connectivity index (χ0) is 9.14. The van der Waals surface area contributed by atoms with Gasteiger partial charge in [0.1, 0.15) is 4.64 Å². The molecule has 0 aliphatic heterocycles. The van der Waals surface area contributed by atoms with E-state index in [9.17, 15) is 4.79 Å². The Bertz CT molecular complexity index is 361. The molecule has 0 atom stereocenters. The van der Waals surface area contributed by atoms with Gasteiger partial charge in [-0.15, -0.1) is 0 Å². The standard InChI is InChI=1S/C7H6ClNO2S/c1-5(10)11-9-3-2-6(8)4-7(9)12/h2-4H,1H3. The summed E-state index contributed by atoms with van der Waals surface area (Å²) >= 11 is 10.5. The molecule has 0 aliphatic rings. The van der Waals surface area contributed by atoms with Gasteiger partial charge in [0.05, 0.1) is 0 Å². The van der Waals surface area contributed by atoms with Gasteiger partial charge in [0.15, 0.2) is 0 Å². The summed E-state index contributed by atoms with van der Waals surface area (Å²) in [6.07, 6.45) is 1.49. The highest BCUT2D eigenvalue weighted by Gasteiger charge is 1.96. The lowest BCUT2D eigenvalue weighted by Gasteiger charge is -2.03. The van der Waals surface area contributed by atoms with Gasteiger partial charge in [-0.2, -0.15) is 4.73 Å². The van der Waals surface area contributed by atoms with Crippen molar-refractivity contribution in [3.8, 4) is 0 Å². The highest BCUT2D eigenvalue weighted by atomic mass is 35.5. The van der Waals surface area contributed by atoms with Crippen LogP contribution in [0.5, 0.6) is 0 Å². The predicted octanol–water partition coefficient (Wildman–Crippen LogP) is 1.85. The van der Waals surface area contributed by atoms with Crippen molar-refractivity contribution in [2.24, 2.45) is 0 Å². The topological polar surface area (TPSA) is 31.2 Å². The molecule has 0 bridgehead atoms. The smallest absolute Gasteiger partial charge is 0.329 e. The fourth-order valence-corrected chi connectivity index (χ4v) is 1.11. The first-order valence-corrected chi connectivity index (χ1v) is 3.95. The van der Waals surface area contributed by atoms with Gasteiger partial charge in [-0.25, -0.2) is 4.79 Å². The summed E-state index contributed by atoms with van der Waals surface area (Å²) in [5.41, 5.74) is 0. The third-order valence-electron chi connectivity index (χ3n) is 1.07. The summed E-state index contributed by atoms with van der Waals surface area (Å²) in [4.78, 5) is 15.2. The highest BCUT2D eigenvalue weighted by molar-refractivity contribution is 7.71. The number of hydrogen-bond acceptors (Lipinski definition) is 3. The number of carbonyl (C=O) groups excluding carboxylic acids is 1. The van der Waals surface area contributed by atoms with Crippen LogP contribution in [0.1, 0.15) is 6.92 Å². The Morgan fingerprint density at radius 2 is 2.42 bits per heavy atom. The van der Waals surface area contributed by atoms with E-state index >= 15 is 0 Å². The third-order valence-corrected chi connectivity index (χ3v) is 1.61. The van der Waals surface area contributed by atoms with Gasteiger partial charge in [0.2, 0.25) is 0 Å². The van der Waals surface area contributed by atoms with Gasteiger partial charge < -0.3 is 4.84 Å². The van der Waals surface area contributed by atoms with E-state index in [0.717, 1.165) is 0 Å². The van der Waals surface area contributed by atoms with E-state index in [-0.39, 0.29) is 0 Å². The van der Waals surface area contributed by atoms with E-state index < -0.39 is 5.97 Å². The van der Waals surface area contributed by atoms with Crippen LogP contribution < -0.4 is 4.84 Å². The van der Waals surface area contributed by atoms with E-state index in [4.69, 9.17) is 28.7 Å². The zero-order valence-electron chi connectivity index (χ0n) is 6.28. The van der Waals surface area contributed by atoms with Gasteiger partial charge in [-0.1, -0.05) is 23.8 Å². The fraction of sp³-hybridized carbons (Fsp3) is 0.143. The molecule has 1 aromatic heterocycles. The number of hydrogen-bond donors (Lipinski definition) is 0. The van der Waals surface area contributed by atoms with Crippen LogP contribution in [0, 0.1) is 4.64 Å². The maximum Gasteiger partial charge on any atom is 0.329 e. The molecule has 0 aromatic carbocycles. The molecule has 0 spiro atoms. The van der Waals surface area contributed by atoms with Crippen LogP contribution in [0.2, 0.25) is 5.02 Å². The predicted molar refractivity (Wildman–Crippen MR) is 47.5 cm³/mol. The second-order valence-electron chi connectivity index (χ2n) is 2.09. The van der Waals surface area contributed by atoms with Gasteiger partial charge in [-0.3, -0.25) is 0 Å². The number of nitrogens with zero attached hydrogens (tertiary/aromatic N) is 1. The zero-order valence-corrected chi connectivity index (χ0v) is 7.85. The van der Waals surface area contributed by atoms with Gasteiger partial charge in [0.25, 0.3) is 0 Å². The van der Waals surface area contributed by atoms with E-state index in [1.54, 1.807) is 6.07 Å². The van der Waals surface area contributed by atoms with Crippen molar-refractivity contribution in [3.63, 3.8) is 0 Å². The Hall–Kier alpha value is -0.870. The summed E-state index contributed by atoms with van der Waals surface area (Å²) < 4.78 is 1.54. The average molecular weight is 204 g/mol. The number of carbonyl (C=O) groups is 1. The average Bonchev–Trinajstić information content (AvgIpc) is 1.94. The molecule has 5 heteroatoms. The summed E-state index contributed by atoms with van der Waals surface area (Å²) in [5.74, 6) is -0.423. The van der Waals surface area contributed by atoms with Gasteiger partial charge in [0, 0.05) is 18.1 Å². The molecule has 0 fully saturated rings. The molecular formula is C7H6ClNO2S. The van der Waals surface area contributed by atoms with Crippen molar-refractivity contribution in [1.29, 1.82) is 0 Å². The molecule has 12 heavy (non-hydrogen) atoms. The quantitative estimate of drug-likeness (QED) is 0.653. The summed E-state index contributed by atoms with van der Waals surface area (Å²) in [7, 11) is 0. The van der Waals surface area contributed by atoms with E-state index in [2.05, 4.69) is 0 Å². The second kappa shape index (κ2) is 3.69. The minimum Gasteiger partial charge on any atom is -0.336 e. The SMILES string of the molecule is CC(=O)On1ccc(Cl)cc1=S. The monoisotopic (exact) mass is 203 g/mol. The molecule has 1 aromatic rings. The van der Waals surface area contributed by atoms with Crippen molar-refractivity contribution in [2.45, 2.75) is 6.92 Å². The lowest BCUT2D eigenvalue weighted by atomic mass is 10.5. The van der Waals surface area contributed by atoms with E-state index in [0.29, 0.717) is 9.66 Å². The first-order chi connectivity index (χ1) is 5.59. The normalized spacial score (nSPS) is 9.50. The molecule has 0 saturated heterocycles. The summed E-state index contributed by atoms with van der Waals surface area (Å²) in [6, 6.07) is 3.11. The number of aromatic nitrogens is 1. The largest absolute Gasteiger partial charge is 0.336 e. The summed E-state index contributed by atoms with van der Waals surface area (Å²) in [6.45, 7) is 1.30. The Morgan fingerprint density at radius 1 is 1.75 bits per heavy atom. The van der Waals surface area contributed by atoms with Crippen LogP contribution in [0.3, 0.4) is 0 Å². The number of halogens is 1. The van der Waals surface area contributed by atoms with Crippen molar-refractivity contribution in [3.05, 3.63) is 28.0 Å². The molecule has 0 amide bonds.